The van der Waals surface area contributed by atoms with Gasteiger partial charge in [0.15, 0.2) is 5.16 Å². The maximum atomic E-state index is 12.5. The first-order chi connectivity index (χ1) is 16.0. The molecule has 0 aliphatic carbocycles. The van der Waals surface area contributed by atoms with Crippen molar-refractivity contribution in [1.29, 1.82) is 0 Å². The average Bonchev–Trinajstić information content (AvgIpc) is 3.27. The molecular formula is C25H31N5O2S. The summed E-state index contributed by atoms with van der Waals surface area (Å²) < 4.78 is 7.54. The molecule has 4 rings (SSSR count). The molecule has 1 saturated heterocycles. The van der Waals surface area contributed by atoms with Gasteiger partial charge in [-0.05, 0) is 55.2 Å². The van der Waals surface area contributed by atoms with E-state index >= 15 is 0 Å². The molecule has 1 N–H and O–H groups in total. The molecule has 1 aliphatic rings. The van der Waals surface area contributed by atoms with Crippen LogP contribution in [0.2, 0.25) is 0 Å². The summed E-state index contributed by atoms with van der Waals surface area (Å²) in [7, 11) is 0. The predicted molar refractivity (Wildman–Crippen MR) is 131 cm³/mol. The van der Waals surface area contributed by atoms with Crippen LogP contribution in [0.5, 0.6) is 0 Å². The van der Waals surface area contributed by atoms with Gasteiger partial charge in [-0.15, -0.1) is 10.2 Å². The largest absolute Gasteiger partial charge is 0.376 e. The summed E-state index contributed by atoms with van der Waals surface area (Å²) in [4.78, 5) is 14.9. The molecule has 0 saturated carbocycles. The Kier molecular flexibility index (Phi) is 7.80. The van der Waals surface area contributed by atoms with Gasteiger partial charge in [0.05, 0.1) is 18.5 Å². The van der Waals surface area contributed by atoms with Gasteiger partial charge < -0.3 is 10.1 Å². The maximum Gasteiger partial charge on any atom is 0.230 e. The molecule has 1 atom stereocenters. The number of amides is 1. The second-order valence-corrected chi connectivity index (χ2v) is 9.50. The minimum atomic E-state index is -0.0259. The van der Waals surface area contributed by atoms with E-state index in [0.29, 0.717) is 11.7 Å². The van der Waals surface area contributed by atoms with E-state index in [1.165, 1.54) is 28.5 Å². The van der Waals surface area contributed by atoms with Gasteiger partial charge in [0.2, 0.25) is 5.91 Å². The van der Waals surface area contributed by atoms with Gasteiger partial charge >= 0.3 is 0 Å². The summed E-state index contributed by atoms with van der Waals surface area (Å²) in [6, 6.07) is 14.6. The highest BCUT2D eigenvalue weighted by Crippen LogP contribution is 2.21. The first kappa shape index (κ1) is 23.5. The Hall–Kier alpha value is -2.68. The second-order valence-electron chi connectivity index (χ2n) is 8.55. The number of benzene rings is 2. The van der Waals surface area contributed by atoms with Crippen molar-refractivity contribution < 1.29 is 9.53 Å². The summed E-state index contributed by atoms with van der Waals surface area (Å²) in [5, 5.41) is 12.0. The molecule has 1 aliphatic heterocycles. The van der Waals surface area contributed by atoms with Crippen molar-refractivity contribution >= 4 is 17.7 Å². The second kappa shape index (κ2) is 11.0. The van der Waals surface area contributed by atoms with Crippen LogP contribution in [0.25, 0.3) is 5.69 Å². The van der Waals surface area contributed by atoms with Crippen LogP contribution in [0.1, 0.15) is 29.2 Å². The molecule has 0 radical (unpaired) electrons. The van der Waals surface area contributed by atoms with E-state index < -0.39 is 0 Å². The van der Waals surface area contributed by atoms with E-state index in [1.807, 2.05) is 10.6 Å². The number of aromatic nitrogens is 3. The van der Waals surface area contributed by atoms with Crippen molar-refractivity contribution in [3.63, 3.8) is 0 Å². The van der Waals surface area contributed by atoms with Crippen molar-refractivity contribution in [2.45, 2.75) is 45.1 Å². The molecule has 0 bridgehead atoms. The molecule has 3 aromatic rings. The number of aryl methyl sites for hydroxylation is 2. The van der Waals surface area contributed by atoms with E-state index in [2.05, 4.69) is 77.6 Å². The van der Waals surface area contributed by atoms with Gasteiger partial charge in [0.1, 0.15) is 6.33 Å². The molecule has 1 amide bonds. The molecule has 1 aromatic heterocycles. The fourth-order valence-electron chi connectivity index (χ4n) is 3.89. The van der Waals surface area contributed by atoms with E-state index in [9.17, 15) is 4.79 Å². The predicted octanol–water partition coefficient (Wildman–Crippen LogP) is 3.51. The summed E-state index contributed by atoms with van der Waals surface area (Å²) in [6.07, 6.45) is 1.96. The number of nitrogens with zero attached hydrogens (tertiary/aromatic N) is 4. The third-order valence-corrected chi connectivity index (χ3v) is 6.77. The Bertz CT molecular complexity index is 1100. The van der Waals surface area contributed by atoms with Crippen molar-refractivity contribution in [3.8, 4) is 5.69 Å². The van der Waals surface area contributed by atoms with Crippen LogP contribution in [0.4, 0.5) is 0 Å². The molecular weight excluding hydrogens is 434 g/mol. The average molecular weight is 466 g/mol. The van der Waals surface area contributed by atoms with Gasteiger partial charge in [0.25, 0.3) is 0 Å². The molecule has 174 valence electrons. The lowest BCUT2D eigenvalue weighted by Gasteiger charge is -2.31. The highest BCUT2D eigenvalue weighted by molar-refractivity contribution is 7.99. The summed E-state index contributed by atoms with van der Waals surface area (Å²) in [5.74, 6) is 0.261. The van der Waals surface area contributed by atoms with Gasteiger partial charge in [-0.2, -0.15) is 0 Å². The summed E-state index contributed by atoms with van der Waals surface area (Å²) in [6.45, 7) is 10.4. The van der Waals surface area contributed by atoms with Crippen LogP contribution in [-0.4, -0.2) is 57.1 Å². The molecule has 1 fully saturated rings. The molecule has 7 nitrogen and oxygen atoms in total. The smallest absolute Gasteiger partial charge is 0.230 e. The first-order valence-corrected chi connectivity index (χ1v) is 12.3. The van der Waals surface area contributed by atoms with Gasteiger partial charge in [-0.3, -0.25) is 14.3 Å². The zero-order valence-corrected chi connectivity index (χ0v) is 20.3. The fraction of sp³-hybridized carbons (Fsp3) is 0.400. The first-order valence-electron chi connectivity index (χ1n) is 11.3. The van der Waals surface area contributed by atoms with Crippen LogP contribution in [0, 0.1) is 13.8 Å². The van der Waals surface area contributed by atoms with Gasteiger partial charge in [-0.25, -0.2) is 0 Å². The van der Waals surface area contributed by atoms with E-state index in [1.54, 1.807) is 6.33 Å². The van der Waals surface area contributed by atoms with Crippen LogP contribution in [0.15, 0.2) is 53.9 Å². The van der Waals surface area contributed by atoms with Crippen molar-refractivity contribution in [1.82, 2.24) is 25.0 Å². The Balaban J connectivity index is 1.28. The van der Waals surface area contributed by atoms with E-state index in [4.69, 9.17) is 4.74 Å². The molecule has 0 spiro atoms. The number of rotatable bonds is 8. The third kappa shape index (κ3) is 6.43. The topological polar surface area (TPSA) is 72.3 Å². The van der Waals surface area contributed by atoms with Crippen molar-refractivity contribution in [2.75, 3.05) is 25.4 Å². The molecule has 1 unspecified atom stereocenters. The SMILES string of the molecule is Cc1ccc(-n2cnnc2SCC(=O)NCc2cccc(CN3CCOC(C)C3)c2)cc1C. The summed E-state index contributed by atoms with van der Waals surface area (Å²) in [5.41, 5.74) is 5.80. The van der Waals surface area contributed by atoms with Gasteiger partial charge in [-0.1, -0.05) is 42.1 Å². The molecule has 33 heavy (non-hydrogen) atoms. The maximum absolute atomic E-state index is 12.5. The van der Waals surface area contributed by atoms with Crippen LogP contribution < -0.4 is 5.32 Å². The number of hydrogen-bond acceptors (Lipinski definition) is 6. The van der Waals surface area contributed by atoms with Crippen molar-refractivity contribution in [2.24, 2.45) is 0 Å². The highest BCUT2D eigenvalue weighted by Gasteiger charge is 2.17. The monoisotopic (exact) mass is 465 g/mol. The Morgan fingerprint density at radius 2 is 2.03 bits per heavy atom. The third-order valence-electron chi connectivity index (χ3n) is 5.83. The van der Waals surface area contributed by atoms with Gasteiger partial charge in [0, 0.05) is 31.9 Å². The quantitative estimate of drug-likeness (QED) is 0.514. The number of carbonyl (C=O) groups is 1. The minimum Gasteiger partial charge on any atom is -0.376 e. The number of nitrogens with one attached hydrogen (secondary N) is 1. The molecule has 8 heteroatoms. The number of thioether (sulfide) groups is 1. The number of morpholine rings is 1. The van der Waals surface area contributed by atoms with Crippen LogP contribution >= 0.6 is 11.8 Å². The highest BCUT2D eigenvalue weighted by atomic mass is 32.2. The van der Waals surface area contributed by atoms with Crippen LogP contribution in [-0.2, 0) is 22.6 Å². The lowest BCUT2D eigenvalue weighted by atomic mass is 10.1. The lowest BCUT2D eigenvalue weighted by molar-refractivity contribution is -0.118. The van der Waals surface area contributed by atoms with Crippen LogP contribution in [0.3, 0.4) is 0 Å². The van der Waals surface area contributed by atoms with E-state index in [-0.39, 0.29) is 17.8 Å². The lowest BCUT2D eigenvalue weighted by Crippen LogP contribution is -2.40. The molecule has 2 heterocycles. The zero-order valence-electron chi connectivity index (χ0n) is 19.5. The normalized spacial score (nSPS) is 16.6. The number of carbonyl (C=O) groups excluding carboxylic acids is 1. The Morgan fingerprint density at radius 3 is 2.85 bits per heavy atom. The Labute approximate surface area is 199 Å². The number of ether oxygens (including phenoxy) is 1. The summed E-state index contributed by atoms with van der Waals surface area (Å²) >= 11 is 1.39. The zero-order chi connectivity index (χ0) is 23.2. The minimum absolute atomic E-state index is 0.0259. The standard InChI is InChI=1S/C25H31N5O2S/c1-18-7-8-23(11-19(18)2)30-17-27-28-25(30)33-16-24(31)26-13-21-5-4-6-22(12-21)15-29-9-10-32-20(3)14-29/h4-8,11-12,17,20H,9-10,13-16H2,1-3H3,(H,26,31). The van der Waals surface area contributed by atoms with E-state index in [0.717, 1.165) is 37.5 Å². The fourth-order valence-corrected chi connectivity index (χ4v) is 4.65. The Morgan fingerprint density at radius 1 is 1.18 bits per heavy atom. The molecule has 2 aromatic carbocycles. The van der Waals surface area contributed by atoms with Crippen molar-refractivity contribution in [3.05, 3.63) is 71.0 Å². The number of hydrogen-bond donors (Lipinski definition) is 1.